The number of anilines is 1. The number of hydrogen-bond acceptors (Lipinski definition) is 3. The first-order valence-corrected chi connectivity index (χ1v) is 5.30. The van der Waals surface area contributed by atoms with Crippen LogP contribution in [-0.4, -0.2) is 14.6 Å². The maximum absolute atomic E-state index is 5.76. The molecule has 4 nitrogen and oxygen atoms in total. The lowest BCUT2D eigenvalue weighted by Gasteiger charge is -2.00. The number of nitrogens with zero attached hydrogens (tertiary/aromatic N) is 3. The van der Waals surface area contributed by atoms with Crippen LogP contribution in [0.5, 0.6) is 0 Å². The number of halogens is 1. The fraction of sp³-hybridized carbons (Fsp3) is 0.333. The Kier molecular flexibility index (Phi) is 2.41. The molecule has 0 bridgehead atoms. The highest BCUT2D eigenvalue weighted by atomic mass is 79.9. The van der Waals surface area contributed by atoms with Gasteiger partial charge in [0.25, 0.3) is 0 Å². The fourth-order valence-electron chi connectivity index (χ4n) is 1.52. The minimum Gasteiger partial charge on any atom is -0.382 e. The minimum absolute atomic E-state index is 0.509. The average Bonchev–Trinajstić information content (AvgIpc) is 2.46. The standard InChI is InChI=1S/C9H11BrN4/c1-2-3-6-4-7(10)8-9(11)12-5-13-14(6)8/h4-5H,2-3H2,1H3,(H2,11,12,13). The molecule has 0 unspecified atom stereocenters. The molecule has 2 aromatic rings. The van der Waals surface area contributed by atoms with Crippen LogP contribution in [0.1, 0.15) is 19.0 Å². The molecule has 0 spiro atoms. The van der Waals surface area contributed by atoms with Crippen LogP contribution in [0.4, 0.5) is 5.82 Å². The average molecular weight is 255 g/mol. The molecule has 2 aromatic heterocycles. The minimum atomic E-state index is 0.509. The van der Waals surface area contributed by atoms with Gasteiger partial charge in [-0.3, -0.25) is 0 Å². The van der Waals surface area contributed by atoms with Crippen LogP contribution in [0.3, 0.4) is 0 Å². The van der Waals surface area contributed by atoms with Crippen LogP contribution < -0.4 is 5.73 Å². The number of hydrogen-bond donors (Lipinski definition) is 1. The summed E-state index contributed by atoms with van der Waals surface area (Å²) in [5, 5.41) is 4.18. The fourth-order valence-corrected chi connectivity index (χ4v) is 2.15. The lowest BCUT2D eigenvalue weighted by Crippen LogP contribution is -2.01. The summed E-state index contributed by atoms with van der Waals surface area (Å²) < 4.78 is 2.80. The Balaban J connectivity index is 2.71. The zero-order valence-electron chi connectivity index (χ0n) is 7.87. The second-order valence-corrected chi connectivity index (χ2v) is 3.99. The van der Waals surface area contributed by atoms with E-state index >= 15 is 0 Å². The first kappa shape index (κ1) is 9.45. The van der Waals surface area contributed by atoms with Crippen molar-refractivity contribution in [3.8, 4) is 0 Å². The third-order valence-electron chi connectivity index (χ3n) is 2.12. The zero-order valence-corrected chi connectivity index (χ0v) is 9.45. The maximum Gasteiger partial charge on any atom is 0.152 e. The lowest BCUT2D eigenvalue weighted by molar-refractivity contribution is 0.795. The number of aryl methyl sites for hydroxylation is 1. The van der Waals surface area contributed by atoms with Gasteiger partial charge in [0.2, 0.25) is 0 Å². The maximum atomic E-state index is 5.76. The smallest absolute Gasteiger partial charge is 0.152 e. The third kappa shape index (κ3) is 1.37. The van der Waals surface area contributed by atoms with Crippen LogP contribution in [0.25, 0.3) is 5.52 Å². The van der Waals surface area contributed by atoms with Gasteiger partial charge in [0, 0.05) is 10.2 Å². The van der Waals surface area contributed by atoms with Crippen LogP contribution in [0.2, 0.25) is 0 Å². The van der Waals surface area contributed by atoms with E-state index in [4.69, 9.17) is 5.73 Å². The summed E-state index contributed by atoms with van der Waals surface area (Å²) in [5.74, 6) is 0.509. The van der Waals surface area contributed by atoms with Gasteiger partial charge >= 0.3 is 0 Å². The van der Waals surface area contributed by atoms with Crippen LogP contribution in [0.15, 0.2) is 16.9 Å². The van der Waals surface area contributed by atoms with E-state index in [-0.39, 0.29) is 0 Å². The van der Waals surface area contributed by atoms with E-state index in [0.29, 0.717) is 5.82 Å². The summed E-state index contributed by atoms with van der Waals surface area (Å²) in [6.07, 6.45) is 3.56. The highest BCUT2D eigenvalue weighted by Crippen LogP contribution is 2.25. The van der Waals surface area contributed by atoms with Crippen molar-refractivity contribution in [3.63, 3.8) is 0 Å². The van der Waals surface area contributed by atoms with E-state index in [1.807, 2.05) is 10.6 Å². The summed E-state index contributed by atoms with van der Waals surface area (Å²) in [7, 11) is 0. The number of fused-ring (bicyclic) bond motifs is 1. The van der Waals surface area contributed by atoms with Crippen molar-refractivity contribution in [1.29, 1.82) is 0 Å². The molecule has 0 radical (unpaired) electrons. The Bertz CT molecular complexity index is 463. The molecule has 0 amide bonds. The molecular weight excluding hydrogens is 244 g/mol. The summed E-state index contributed by atoms with van der Waals surface area (Å²) in [5.41, 5.74) is 7.78. The molecule has 2 rings (SSSR count). The van der Waals surface area contributed by atoms with Crippen molar-refractivity contribution in [2.45, 2.75) is 19.8 Å². The summed E-state index contributed by atoms with van der Waals surface area (Å²) in [6.45, 7) is 2.14. The first-order valence-electron chi connectivity index (χ1n) is 4.50. The number of nitrogens with two attached hydrogens (primary N) is 1. The summed E-state index contributed by atoms with van der Waals surface area (Å²) in [4.78, 5) is 3.96. The van der Waals surface area contributed by atoms with E-state index in [1.165, 1.54) is 6.33 Å². The molecule has 0 aliphatic heterocycles. The van der Waals surface area contributed by atoms with Crippen molar-refractivity contribution in [2.24, 2.45) is 0 Å². The topological polar surface area (TPSA) is 56.2 Å². The van der Waals surface area contributed by atoms with E-state index in [9.17, 15) is 0 Å². The van der Waals surface area contributed by atoms with Gasteiger partial charge in [-0.2, -0.15) is 5.10 Å². The van der Waals surface area contributed by atoms with Crippen molar-refractivity contribution in [3.05, 3.63) is 22.6 Å². The van der Waals surface area contributed by atoms with Crippen molar-refractivity contribution >= 4 is 27.3 Å². The highest BCUT2D eigenvalue weighted by molar-refractivity contribution is 9.10. The van der Waals surface area contributed by atoms with Gasteiger partial charge in [-0.1, -0.05) is 13.3 Å². The molecule has 0 aromatic carbocycles. The molecule has 0 saturated heterocycles. The van der Waals surface area contributed by atoms with Gasteiger partial charge in [0.05, 0.1) is 0 Å². The molecule has 2 N–H and O–H groups in total. The Labute approximate surface area is 90.3 Å². The normalized spacial score (nSPS) is 11.0. The first-order chi connectivity index (χ1) is 6.74. The van der Waals surface area contributed by atoms with Gasteiger partial charge < -0.3 is 5.73 Å². The second kappa shape index (κ2) is 3.57. The van der Waals surface area contributed by atoms with Crippen LogP contribution in [0, 0.1) is 0 Å². The Morgan fingerprint density at radius 2 is 2.36 bits per heavy atom. The number of nitrogen functional groups attached to an aromatic ring is 1. The molecule has 5 heteroatoms. The number of rotatable bonds is 2. The van der Waals surface area contributed by atoms with Gasteiger partial charge in [0.15, 0.2) is 5.82 Å². The molecule has 0 aliphatic rings. The number of aromatic nitrogens is 3. The Hall–Kier alpha value is -1.10. The predicted molar refractivity (Wildman–Crippen MR) is 59.1 cm³/mol. The third-order valence-corrected chi connectivity index (χ3v) is 2.72. The van der Waals surface area contributed by atoms with Crippen LogP contribution >= 0.6 is 15.9 Å². The van der Waals surface area contributed by atoms with Crippen molar-refractivity contribution in [2.75, 3.05) is 5.73 Å². The summed E-state index contributed by atoms with van der Waals surface area (Å²) in [6, 6.07) is 2.05. The quantitative estimate of drug-likeness (QED) is 0.893. The molecule has 2 heterocycles. The molecule has 0 aliphatic carbocycles. The van der Waals surface area contributed by atoms with Crippen LogP contribution in [-0.2, 0) is 6.42 Å². The predicted octanol–water partition coefficient (Wildman–Crippen LogP) is 2.03. The van der Waals surface area contributed by atoms with Gasteiger partial charge in [-0.05, 0) is 28.4 Å². The molecule has 0 saturated carbocycles. The molecule has 0 fully saturated rings. The molecule has 0 atom stereocenters. The van der Waals surface area contributed by atoms with E-state index in [0.717, 1.165) is 28.5 Å². The molecule has 14 heavy (non-hydrogen) atoms. The molecular formula is C9H11BrN4. The van der Waals surface area contributed by atoms with E-state index in [1.54, 1.807) is 0 Å². The van der Waals surface area contributed by atoms with Crippen molar-refractivity contribution in [1.82, 2.24) is 14.6 Å². The Morgan fingerprint density at radius 1 is 1.57 bits per heavy atom. The van der Waals surface area contributed by atoms with E-state index in [2.05, 4.69) is 32.9 Å². The largest absolute Gasteiger partial charge is 0.382 e. The van der Waals surface area contributed by atoms with E-state index < -0.39 is 0 Å². The summed E-state index contributed by atoms with van der Waals surface area (Å²) >= 11 is 3.46. The molecule has 74 valence electrons. The SMILES string of the molecule is CCCc1cc(Br)c2c(N)ncnn12. The van der Waals surface area contributed by atoms with Crippen molar-refractivity contribution < 1.29 is 0 Å². The second-order valence-electron chi connectivity index (χ2n) is 3.14. The highest BCUT2D eigenvalue weighted by Gasteiger charge is 2.10. The zero-order chi connectivity index (χ0) is 10.1. The lowest BCUT2D eigenvalue weighted by atomic mass is 10.3. The Morgan fingerprint density at radius 3 is 3.07 bits per heavy atom. The van der Waals surface area contributed by atoms with Gasteiger partial charge in [-0.15, -0.1) is 0 Å². The van der Waals surface area contributed by atoms with Gasteiger partial charge in [-0.25, -0.2) is 9.50 Å². The van der Waals surface area contributed by atoms with Gasteiger partial charge in [0.1, 0.15) is 11.8 Å². The monoisotopic (exact) mass is 254 g/mol.